The number of carbonyl (C=O) groups excluding carboxylic acids is 1. The van der Waals surface area contributed by atoms with Crippen LogP contribution in [0.4, 0.5) is 11.5 Å². The van der Waals surface area contributed by atoms with Gasteiger partial charge in [0.1, 0.15) is 17.3 Å². The van der Waals surface area contributed by atoms with Crippen LogP contribution < -0.4 is 15.1 Å². The van der Waals surface area contributed by atoms with Crippen LogP contribution in [0.5, 0.6) is 0 Å². The predicted molar refractivity (Wildman–Crippen MR) is 108 cm³/mol. The molecule has 1 saturated carbocycles. The molecule has 6 heteroatoms. The normalized spacial score (nSPS) is 17.1. The summed E-state index contributed by atoms with van der Waals surface area (Å²) in [6, 6.07) is 8.65. The summed E-state index contributed by atoms with van der Waals surface area (Å²) in [5.74, 6) is 1.41. The number of carbonyl (C=O) groups is 1. The Labute approximate surface area is 160 Å². The SMILES string of the molecule is Cc1nc(C(=O)NC2CC2)cc(N2CCN(c3cccc(C)c3C)CC2)n1. The lowest BCUT2D eigenvalue weighted by Gasteiger charge is -2.37. The number of hydrogen-bond acceptors (Lipinski definition) is 5. The summed E-state index contributed by atoms with van der Waals surface area (Å²) in [5.41, 5.74) is 4.47. The van der Waals surface area contributed by atoms with Crippen molar-refractivity contribution in [3.8, 4) is 0 Å². The first-order valence-electron chi connectivity index (χ1n) is 9.74. The highest BCUT2D eigenvalue weighted by molar-refractivity contribution is 5.93. The molecule has 0 bridgehead atoms. The summed E-state index contributed by atoms with van der Waals surface area (Å²) in [6.45, 7) is 9.85. The molecule has 1 aromatic carbocycles. The summed E-state index contributed by atoms with van der Waals surface area (Å²) < 4.78 is 0. The maximum Gasteiger partial charge on any atom is 0.270 e. The molecule has 2 aliphatic rings. The van der Waals surface area contributed by atoms with Gasteiger partial charge in [-0.15, -0.1) is 0 Å². The Hall–Kier alpha value is -2.63. The van der Waals surface area contributed by atoms with Gasteiger partial charge in [0.25, 0.3) is 5.91 Å². The van der Waals surface area contributed by atoms with Crippen molar-refractivity contribution in [1.82, 2.24) is 15.3 Å². The van der Waals surface area contributed by atoms with Gasteiger partial charge in [0.15, 0.2) is 0 Å². The van der Waals surface area contributed by atoms with Crippen molar-refractivity contribution in [3.05, 3.63) is 46.9 Å². The fourth-order valence-electron chi connectivity index (χ4n) is 3.57. The fourth-order valence-corrected chi connectivity index (χ4v) is 3.57. The van der Waals surface area contributed by atoms with E-state index in [0.717, 1.165) is 44.8 Å². The minimum atomic E-state index is -0.0849. The smallest absolute Gasteiger partial charge is 0.270 e. The average Bonchev–Trinajstić information content (AvgIpc) is 3.48. The van der Waals surface area contributed by atoms with E-state index in [-0.39, 0.29) is 5.91 Å². The second kappa shape index (κ2) is 7.18. The van der Waals surface area contributed by atoms with E-state index in [0.29, 0.717) is 17.6 Å². The number of aromatic nitrogens is 2. The number of nitrogens with zero attached hydrogens (tertiary/aromatic N) is 4. The number of anilines is 2. The van der Waals surface area contributed by atoms with Crippen LogP contribution in [0.2, 0.25) is 0 Å². The molecule has 1 aliphatic heterocycles. The Kier molecular flexibility index (Phi) is 4.72. The number of benzene rings is 1. The van der Waals surface area contributed by atoms with Crippen molar-refractivity contribution < 1.29 is 4.79 Å². The number of rotatable bonds is 4. The fraction of sp³-hybridized carbons (Fsp3) is 0.476. The van der Waals surface area contributed by atoms with Gasteiger partial charge >= 0.3 is 0 Å². The summed E-state index contributed by atoms with van der Waals surface area (Å²) in [6.07, 6.45) is 2.14. The van der Waals surface area contributed by atoms with Crippen molar-refractivity contribution in [2.45, 2.75) is 39.7 Å². The van der Waals surface area contributed by atoms with Crippen LogP contribution in [0, 0.1) is 20.8 Å². The highest BCUT2D eigenvalue weighted by Crippen LogP contribution is 2.25. The Morgan fingerprint density at radius 1 is 1.04 bits per heavy atom. The second-order valence-corrected chi connectivity index (χ2v) is 7.60. The first kappa shape index (κ1) is 17.8. The van der Waals surface area contributed by atoms with Crippen LogP contribution in [0.1, 0.15) is 40.3 Å². The van der Waals surface area contributed by atoms with Crippen LogP contribution in [0.3, 0.4) is 0 Å². The molecule has 142 valence electrons. The van der Waals surface area contributed by atoms with Crippen molar-refractivity contribution >= 4 is 17.4 Å². The minimum absolute atomic E-state index is 0.0849. The molecule has 2 heterocycles. The standard InChI is InChI=1S/C21H27N5O/c1-14-5-4-6-19(15(14)2)25-9-11-26(12-10-25)20-13-18(22-16(3)23-20)21(27)24-17-7-8-17/h4-6,13,17H,7-12H2,1-3H3,(H,24,27). The largest absolute Gasteiger partial charge is 0.368 e. The van der Waals surface area contributed by atoms with Gasteiger partial charge in [0, 0.05) is 44.0 Å². The van der Waals surface area contributed by atoms with E-state index >= 15 is 0 Å². The topological polar surface area (TPSA) is 61.4 Å². The Morgan fingerprint density at radius 3 is 2.44 bits per heavy atom. The van der Waals surface area contributed by atoms with E-state index in [1.54, 1.807) is 0 Å². The Balaban J connectivity index is 1.47. The molecular formula is C21H27N5O. The lowest BCUT2D eigenvalue weighted by molar-refractivity contribution is 0.0945. The van der Waals surface area contributed by atoms with Gasteiger partial charge in [-0.1, -0.05) is 12.1 Å². The molecule has 0 atom stereocenters. The first-order chi connectivity index (χ1) is 13.0. The molecule has 0 spiro atoms. The molecule has 6 nitrogen and oxygen atoms in total. The summed E-state index contributed by atoms with van der Waals surface area (Å²) in [5, 5.41) is 3.01. The molecule has 0 radical (unpaired) electrons. The Bertz CT molecular complexity index is 854. The molecule has 1 N–H and O–H groups in total. The zero-order valence-electron chi connectivity index (χ0n) is 16.3. The van der Waals surface area contributed by atoms with Gasteiger partial charge < -0.3 is 15.1 Å². The van der Waals surface area contributed by atoms with E-state index in [4.69, 9.17) is 0 Å². The first-order valence-corrected chi connectivity index (χ1v) is 9.74. The number of hydrogen-bond donors (Lipinski definition) is 1. The number of aryl methyl sites for hydroxylation is 2. The molecule has 2 aromatic rings. The maximum atomic E-state index is 12.4. The summed E-state index contributed by atoms with van der Waals surface area (Å²) >= 11 is 0. The molecule has 0 unspecified atom stereocenters. The van der Waals surface area contributed by atoms with Crippen LogP contribution in [0.15, 0.2) is 24.3 Å². The molecule has 1 aliphatic carbocycles. The molecule has 4 rings (SSSR count). The van der Waals surface area contributed by atoms with E-state index in [2.05, 4.69) is 57.1 Å². The molecule has 2 fully saturated rings. The highest BCUT2D eigenvalue weighted by atomic mass is 16.2. The van der Waals surface area contributed by atoms with Crippen molar-refractivity contribution in [2.24, 2.45) is 0 Å². The second-order valence-electron chi connectivity index (χ2n) is 7.60. The molecule has 27 heavy (non-hydrogen) atoms. The van der Waals surface area contributed by atoms with Crippen LogP contribution in [-0.4, -0.2) is 48.1 Å². The van der Waals surface area contributed by atoms with Gasteiger partial charge in [-0.25, -0.2) is 9.97 Å². The van der Waals surface area contributed by atoms with Gasteiger partial charge in [0.05, 0.1) is 0 Å². The average molecular weight is 365 g/mol. The van der Waals surface area contributed by atoms with Crippen molar-refractivity contribution in [3.63, 3.8) is 0 Å². The maximum absolute atomic E-state index is 12.4. The van der Waals surface area contributed by atoms with Crippen molar-refractivity contribution in [1.29, 1.82) is 0 Å². The molecule has 1 saturated heterocycles. The third-order valence-corrected chi connectivity index (χ3v) is 5.49. The van der Waals surface area contributed by atoms with Gasteiger partial charge in [-0.2, -0.15) is 0 Å². The van der Waals surface area contributed by atoms with E-state index in [1.165, 1.54) is 16.8 Å². The van der Waals surface area contributed by atoms with Crippen LogP contribution in [0.25, 0.3) is 0 Å². The lowest BCUT2D eigenvalue weighted by Crippen LogP contribution is -2.47. The van der Waals surface area contributed by atoms with E-state index < -0.39 is 0 Å². The number of piperazine rings is 1. The summed E-state index contributed by atoms with van der Waals surface area (Å²) in [4.78, 5) is 26.0. The predicted octanol–water partition coefficient (Wildman–Crippen LogP) is 2.62. The number of amides is 1. The quantitative estimate of drug-likeness (QED) is 0.902. The molecular weight excluding hydrogens is 338 g/mol. The van der Waals surface area contributed by atoms with Crippen LogP contribution in [-0.2, 0) is 0 Å². The van der Waals surface area contributed by atoms with Gasteiger partial charge in [-0.05, 0) is 50.8 Å². The van der Waals surface area contributed by atoms with Gasteiger partial charge in [0.2, 0.25) is 0 Å². The Morgan fingerprint density at radius 2 is 1.74 bits per heavy atom. The lowest BCUT2D eigenvalue weighted by atomic mass is 10.1. The van der Waals surface area contributed by atoms with Crippen molar-refractivity contribution in [2.75, 3.05) is 36.0 Å². The zero-order chi connectivity index (χ0) is 19.0. The highest BCUT2D eigenvalue weighted by Gasteiger charge is 2.26. The number of nitrogens with one attached hydrogen (secondary N) is 1. The molecule has 1 amide bonds. The van der Waals surface area contributed by atoms with E-state index in [9.17, 15) is 4.79 Å². The summed E-state index contributed by atoms with van der Waals surface area (Å²) in [7, 11) is 0. The third kappa shape index (κ3) is 3.89. The zero-order valence-corrected chi connectivity index (χ0v) is 16.3. The minimum Gasteiger partial charge on any atom is -0.368 e. The van der Waals surface area contributed by atoms with Crippen LogP contribution >= 0.6 is 0 Å². The molecule has 1 aromatic heterocycles. The monoisotopic (exact) mass is 365 g/mol. The van der Waals surface area contributed by atoms with E-state index in [1.807, 2.05) is 13.0 Å². The third-order valence-electron chi connectivity index (χ3n) is 5.49. The van der Waals surface area contributed by atoms with Gasteiger partial charge in [-0.3, -0.25) is 4.79 Å².